The molecule has 0 aliphatic carbocycles. The number of hydrogen-bond acceptors (Lipinski definition) is 7. The Balaban J connectivity index is 1.50. The number of fused-ring (bicyclic) bond motifs is 1. The number of rotatable bonds is 4. The van der Waals surface area contributed by atoms with E-state index in [1.807, 2.05) is 12.1 Å². The maximum atomic E-state index is 12.5. The lowest BCUT2D eigenvalue weighted by molar-refractivity contribution is -0.125. The van der Waals surface area contributed by atoms with E-state index in [0.29, 0.717) is 22.9 Å². The molecular weight excluding hydrogens is 338 g/mol. The van der Waals surface area contributed by atoms with Crippen molar-refractivity contribution in [1.29, 1.82) is 0 Å². The summed E-state index contributed by atoms with van der Waals surface area (Å²) >= 11 is 0. The van der Waals surface area contributed by atoms with E-state index in [2.05, 4.69) is 15.6 Å². The molecule has 0 saturated heterocycles. The second-order valence-electron chi connectivity index (χ2n) is 5.54. The summed E-state index contributed by atoms with van der Waals surface area (Å²) in [5.41, 5.74) is 1.15. The highest BCUT2D eigenvalue weighted by Gasteiger charge is 2.29. The van der Waals surface area contributed by atoms with E-state index in [4.69, 9.17) is 18.8 Å². The average Bonchev–Trinajstić information content (AvgIpc) is 3.15. The van der Waals surface area contributed by atoms with E-state index in [1.165, 1.54) is 0 Å². The fraction of sp³-hybridized carbons (Fsp3) is 0.167. The minimum Gasteiger partial charge on any atom is -0.497 e. The van der Waals surface area contributed by atoms with Gasteiger partial charge in [0.2, 0.25) is 11.9 Å². The number of anilines is 1. The monoisotopic (exact) mass is 353 g/mol. The smallest absolute Gasteiger partial charge is 0.270 e. The van der Waals surface area contributed by atoms with Crippen LogP contribution in [-0.4, -0.2) is 36.0 Å². The van der Waals surface area contributed by atoms with Gasteiger partial charge in [0, 0.05) is 5.56 Å². The largest absolute Gasteiger partial charge is 0.497 e. The van der Waals surface area contributed by atoms with Crippen molar-refractivity contribution >= 4 is 11.7 Å². The van der Waals surface area contributed by atoms with Crippen LogP contribution in [0.2, 0.25) is 0 Å². The molecule has 3 aromatic rings. The zero-order valence-corrected chi connectivity index (χ0v) is 13.8. The fourth-order valence-corrected chi connectivity index (χ4v) is 2.55. The number of aromatic nitrogens is 2. The second-order valence-corrected chi connectivity index (χ2v) is 5.54. The molecule has 1 aromatic heterocycles. The van der Waals surface area contributed by atoms with Crippen LogP contribution in [0.5, 0.6) is 17.2 Å². The van der Waals surface area contributed by atoms with Gasteiger partial charge in [-0.1, -0.05) is 12.1 Å². The molecule has 132 valence electrons. The summed E-state index contributed by atoms with van der Waals surface area (Å²) in [6, 6.07) is 14.3. The lowest BCUT2D eigenvalue weighted by Gasteiger charge is -2.25. The Kier molecular flexibility index (Phi) is 4.14. The first-order valence-corrected chi connectivity index (χ1v) is 7.91. The minimum absolute atomic E-state index is 0.103. The highest BCUT2D eigenvalue weighted by Crippen LogP contribution is 2.31. The van der Waals surface area contributed by atoms with Crippen LogP contribution < -0.4 is 19.5 Å². The van der Waals surface area contributed by atoms with Crippen LogP contribution >= 0.6 is 0 Å². The van der Waals surface area contributed by atoms with Crippen molar-refractivity contribution < 1.29 is 23.6 Å². The van der Waals surface area contributed by atoms with E-state index < -0.39 is 12.0 Å². The van der Waals surface area contributed by atoms with Crippen LogP contribution in [0.1, 0.15) is 0 Å². The van der Waals surface area contributed by atoms with Gasteiger partial charge in [0.15, 0.2) is 17.2 Å². The SMILES string of the molecule is COc1ccc(-c2nonc2NC(=O)C2COc3ccccc3O2)cc1. The second kappa shape index (κ2) is 6.75. The van der Waals surface area contributed by atoms with Gasteiger partial charge in [0.1, 0.15) is 12.4 Å². The zero-order chi connectivity index (χ0) is 17.9. The number of benzene rings is 2. The van der Waals surface area contributed by atoms with Crippen LogP contribution in [0.3, 0.4) is 0 Å². The zero-order valence-electron chi connectivity index (χ0n) is 13.8. The number of nitrogens with one attached hydrogen (secondary N) is 1. The summed E-state index contributed by atoms with van der Waals surface area (Å²) in [7, 11) is 1.59. The van der Waals surface area contributed by atoms with Gasteiger partial charge in [-0.05, 0) is 46.7 Å². The van der Waals surface area contributed by atoms with Gasteiger partial charge in [-0.15, -0.1) is 0 Å². The summed E-state index contributed by atoms with van der Waals surface area (Å²) in [6.07, 6.45) is -0.801. The van der Waals surface area contributed by atoms with Crippen molar-refractivity contribution in [3.8, 4) is 28.5 Å². The highest BCUT2D eigenvalue weighted by molar-refractivity contribution is 5.96. The van der Waals surface area contributed by atoms with Gasteiger partial charge in [-0.25, -0.2) is 4.63 Å². The van der Waals surface area contributed by atoms with Gasteiger partial charge in [0.25, 0.3) is 5.91 Å². The molecule has 1 aliphatic heterocycles. The third-order valence-electron chi connectivity index (χ3n) is 3.89. The molecule has 26 heavy (non-hydrogen) atoms. The number of carbonyl (C=O) groups excluding carboxylic acids is 1. The van der Waals surface area contributed by atoms with E-state index >= 15 is 0 Å². The van der Waals surface area contributed by atoms with E-state index in [0.717, 1.165) is 5.56 Å². The molecule has 2 aromatic carbocycles. The normalized spacial score (nSPS) is 15.3. The summed E-state index contributed by atoms with van der Waals surface area (Å²) in [5.74, 6) is 1.65. The minimum atomic E-state index is -0.801. The molecule has 0 spiro atoms. The average molecular weight is 353 g/mol. The molecule has 1 amide bonds. The molecule has 2 heterocycles. The van der Waals surface area contributed by atoms with E-state index in [-0.39, 0.29) is 12.4 Å². The van der Waals surface area contributed by atoms with Crippen molar-refractivity contribution in [2.45, 2.75) is 6.10 Å². The van der Waals surface area contributed by atoms with Crippen LogP contribution in [-0.2, 0) is 4.79 Å². The molecular formula is C18H15N3O5. The summed E-state index contributed by atoms with van der Waals surface area (Å²) < 4.78 is 21.2. The van der Waals surface area contributed by atoms with Crippen LogP contribution in [0.4, 0.5) is 5.82 Å². The number of ether oxygens (including phenoxy) is 3. The Bertz CT molecular complexity index is 923. The number of methoxy groups -OCH3 is 1. The lowest BCUT2D eigenvalue weighted by Crippen LogP contribution is -2.40. The molecule has 0 saturated carbocycles. The van der Waals surface area contributed by atoms with Gasteiger partial charge < -0.3 is 19.5 Å². The van der Waals surface area contributed by atoms with Gasteiger partial charge in [-0.3, -0.25) is 4.79 Å². The number of carbonyl (C=O) groups is 1. The van der Waals surface area contributed by atoms with Gasteiger partial charge >= 0.3 is 0 Å². The standard InChI is InChI=1S/C18H15N3O5/c1-23-12-8-6-11(7-9-12)16-17(21-26-20-16)19-18(22)15-10-24-13-4-2-3-5-14(13)25-15/h2-9,15H,10H2,1H3,(H,19,21,22). The van der Waals surface area contributed by atoms with Crippen molar-refractivity contribution in [3.63, 3.8) is 0 Å². The predicted octanol–water partition coefficient (Wildman–Crippen LogP) is 2.52. The predicted molar refractivity (Wildman–Crippen MR) is 91.3 cm³/mol. The van der Waals surface area contributed by atoms with Gasteiger partial charge in [-0.2, -0.15) is 0 Å². The Morgan fingerprint density at radius 2 is 1.88 bits per heavy atom. The van der Waals surface area contributed by atoms with Crippen LogP contribution in [0.15, 0.2) is 53.2 Å². The Labute approximate surface area is 148 Å². The summed E-state index contributed by atoms with van der Waals surface area (Å²) in [5, 5.41) is 10.3. The summed E-state index contributed by atoms with van der Waals surface area (Å²) in [4.78, 5) is 12.5. The van der Waals surface area contributed by atoms with Crippen LogP contribution in [0, 0.1) is 0 Å². The number of hydrogen-bond donors (Lipinski definition) is 1. The van der Waals surface area contributed by atoms with Crippen molar-refractivity contribution in [3.05, 3.63) is 48.5 Å². The Morgan fingerprint density at radius 3 is 2.65 bits per heavy atom. The molecule has 8 heteroatoms. The topological polar surface area (TPSA) is 95.7 Å². The molecule has 1 aliphatic rings. The van der Waals surface area contributed by atoms with Crippen LogP contribution in [0.25, 0.3) is 11.3 Å². The highest BCUT2D eigenvalue weighted by atomic mass is 16.6. The molecule has 8 nitrogen and oxygen atoms in total. The number of para-hydroxylation sites is 2. The van der Waals surface area contributed by atoms with E-state index in [9.17, 15) is 4.79 Å². The third-order valence-corrected chi connectivity index (χ3v) is 3.89. The maximum absolute atomic E-state index is 12.5. The molecule has 4 rings (SSSR count). The fourth-order valence-electron chi connectivity index (χ4n) is 2.55. The van der Waals surface area contributed by atoms with Crippen molar-refractivity contribution in [2.24, 2.45) is 0 Å². The molecule has 0 fully saturated rings. The molecule has 1 unspecified atom stereocenters. The number of nitrogens with zero attached hydrogens (tertiary/aromatic N) is 2. The molecule has 1 N–H and O–H groups in total. The Morgan fingerprint density at radius 1 is 1.12 bits per heavy atom. The first-order valence-electron chi connectivity index (χ1n) is 7.91. The lowest BCUT2D eigenvalue weighted by atomic mass is 10.1. The van der Waals surface area contributed by atoms with Crippen molar-refractivity contribution in [1.82, 2.24) is 10.3 Å². The van der Waals surface area contributed by atoms with Crippen molar-refractivity contribution in [2.75, 3.05) is 19.0 Å². The first kappa shape index (κ1) is 15.9. The first-order chi connectivity index (χ1) is 12.7. The number of amides is 1. The quantitative estimate of drug-likeness (QED) is 0.770. The molecule has 0 radical (unpaired) electrons. The Hall–Kier alpha value is -3.55. The third kappa shape index (κ3) is 3.04. The molecule has 0 bridgehead atoms. The summed E-state index contributed by atoms with van der Waals surface area (Å²) in [6.45, 7) is 0.103. The molecule has 1 atom stereocenters. The van der Waals surface area contributed by atoms with Gasteiger partial charge in [0.05, 0.1) is 7.11 Å². The maximum Gasteiger partial charge on any atom is 0.270 e. The van der Waals surface area contributed by atoms with E-state index in [1.54, 1.807) is 43.5 Å².